The Balaban J connectivity index is 3.12. The summed E-state index contributed by atoms with van der Waals surface area (Å²) in [6, 6.07) is 4.65. The number of aliphatic imine (C=N–C) groups is 1. The highest BCUT2D eigenvalue weighted by Gasteiger charge is 2.19. The van der Waals surface area contributed by atoms with Gasteiger partial charge in [0.05, 0.1) is 28.4 Å². The van der Waals surface area contributed by atoms with Crippen molar-refractivity contribution in [3.63, 3.8) is 0 Å². The molecule has 0 heterocycles. The number of carbonyl (C=O) groups is 2. The maximum absolute atomic E-state index is 12.0. The first-order valence-corrected chi connectivity index (χ1v) is 7.97. The lowest BCUT2D eigenvalue weighted by Gasteiger charge is -2.10. The smallest absolute Gasteiger partial charge is 0.329 e. The summed E-state index contributed by atoms with van der Waals surface area (Å²) < 4.78 is 4.96. The zero-order valence-electron chi connectivity index (χ0n) is 13.5. The third-order valence-corrected chi connectivity index (χ3v) is 3.32. The van der Waals surface area contributed by atoms with Crippen LogP contribution in [0.5, 0.6) is 0 Å². The van der Waals surface area contributed by atoms with E-state index in [2.05, 4.69) is 10.3 Å². The van der Waals surface area contributed by atoms with Gasteiger partial charge in [-0.2, -0.15) is 5.26 Å². The number of amides is 1. The molecular weight excluding hydrogens is 353 g/mol. The van der Waals surface area contributed by atoms with E-state index in [4.69, 9.17) is 33.2 Å². The fraction of sp³-hybridized carbons (Fsp3) is 0.375. The molecule has 0 aliphatic heterocycles. The Hall–Kier alpha value is -2.10. The molecule has 0 fully saturated rings. The van der Waals surface area contributed by atoms with Gasteiger partial charge in [0.15, 0.2) is 5.92 Å². The molecule has 0 saturated carbocycles. The first-order valence-electron chi connectivity index (χ1n) is 7.21. The zero-order valence-corrected chi connectivity index (χ0v) is 15.0. The highest BCUT2D eigenvalue weighted by molar-refractivity contribution is 6.38. The molecule has 0 aliphatic rings. The number of hydrogen-bond donors (Lipinski definition) is 1. The number of rotatable bonds is 6. The molecule has 0 spiro atoms. The Morgan fingerprint density at radius 2 is 2.08 bits per heavy atom. The number of benzene rings is 1. The average Bonchev–Trinajstić information content (AvgIpc) is 2.50. The third-order valence-electron chi connectivity index (χ3n) is 2.71. The second kappa shape index (κ2) is 9.26. The molecule has 8 heteroatoms. The van der Waals surface area contributed by atoms with Crippen molar-refractivity contribution in [3.8, 4) is 6.07 Å². The molecule has 0 bridgehead atoms. The van der Waals surface area contributed by atoms with Crippen LogP contribution in [-0.4, -0.2) is 30.7 Å². The van der Waals surface area contributed by atoms with Crippen molar-refractivity contribution in [1.82, 2.24) is 5.32 Å². The van der Waals surface area contributed by atoms with Gasteiger partial charge < -0.3 is 10.1 Å². The summed E-state index contributed by atoms with van der Waals surface area (Å²) in [7, 11) is 0. The second-order valence-electron chi connectivity index (χ2n) is 5.02. The van der Waals surface area contributed by atoms with E-state index >= 15 is 0 Å². The van der Waals surface area contributed by atoms with Crippen LogP contribution in [0, 0.1) is 17.2 Å². The minimum absolute atomic E-state index is 0.0792. The van der Waals surface area contributed by atoms with Crippen molar-refractivity contribution < 1.29 is 14.3 Å². The monoisotopic (exact) mass is 369 g/mol. The molecular formula is C16H17Cl2N3O3. The van der Waals surface area contributed by atoms with Crippen LogP contribution in [0.3, 0.4) is 0 Å². The summed E-state index contributed by atoms with van der Waals surface area (Å²) in [4.78, 5) is 27.7. The Kier molecular flexibility index (Phi) is 7.69. The average molecular weight is 370 g/mol. The first kappa shape index (κ1) is 19.9. The first-order chi connectivity index (χ1) is 11.3. The number of nitrogens with zero attached hydrogens (tertiary/aromatic N) is 2. The molecule has 1 atom stereocenters. The minimum atomic E-state index is -1.18. The Labute approximate surface area is 150 Å². The largest absolute Gasteiger partial charge is 0.462 e. The van der Waals surface area contributed by atoms with Gasteiger partial charge in [-0.1, -0.05) is 23.2 Å². The lowest BCUT2D eigenvalue weighted by Crippen LogP contribution is -2.23. The van der Waals surface area contributed by atoms with E-state index in [0.717, 1.165) is 6.21 Å². The summed E-state index contributed by atoms with van der Waals surface area (Å²) in [5.41, 5.74) is 0.347. The number of carbonyl (C=O) groups excluding carboxylic acids is 2. The molecule has 0 aliphatic carbocycles. The van der Waals surface area contributed by atoms with E-state index in [1.54, 1.807) is 26.8 Å². The van der Waals surface area contributed by atoms with Crippen LogP contribution in [0.1, 0.15) is 31.1 Å². The summed E-state index contributed by atoms with van der Waals surface area (Å²) in [5, 5.41) is 12.0. The molecule has 0 aromatic heterocycles. The molecule has 1 aromatic carbocycles. The van der Waals surface area contributed by atoms with E-state index in [1.807, 2.05) is 0 Å². The normalized spacial score (nSPS) is 12.0. The van der Waals surface area contributed by atoms with E-state index in [9.17, 15) is 9.59 Å². The molecule has 1 N–H and O–H groups in total. The molecule has 1 unspecified atom stereocenters. The van der Waals surface area contributed by atoms with E-state index < -0.39 is 17.8 Å². The molecule has 0 radical (unpaired) electrons. The highest BCUT2D eigenvalue weighted by atomic mass is 35.5. The van der Waals surface area contributed by atoms with Crippen LogP contribution in [0.15, 0.2) is 17.1 Å². The number of nitrogens with one attached hydrogen (secondary N) is 1. The van der Waals surface area contributed by atoms with Crippen molar-refractivity contribution in [2.75, 3.05) is 6.54 Å². The predicted molar refractivity (Wildman–Crippen MR) is 93.0 cm³/mol. The fourth-order valence-electron chi connectivity index (χ4n) is 1.70. The van der Waals surface area contributed by atoms with Gasteiger partial charge in [0, 0.05) is 17.8 Å². The standard InChI is InChI=1S/C16H17Cl2N3O3/c1-4-20-15(22)12-5-11(17)6-13(14(12)18)21-8-10(7-19)16(23)24-9(2)3/h5-6,8-10H,4H2,1-3H3,(H,20,22). The molecule has 0 saturated heterocycles. The van der Waals surface area contributed by atoms with Crippen molar-refractivity contribution in [3.05, 3.63) is 27.7 Å². The van der Waals surface area contributed by atoms with Crippen molar-refractivity contribution in [1.29, 1.82) is 5.26 Å². The van der Waals surface area contributed by atoms with Gasteiger partial charge in [0.1, 0.15) is 0 Å². The van der Waals surface area contributed by atoms with Gasteiger partial charge in [-0.25, -0.2) is 0 Å². The molecule has 24 heavy (non-hydrogen) atoms. The van der Waals surface area contributed by atoms with Crippen LogP contribution in [0.25, 0.3) is 0 Å². The van der Waals surface area contributed by atoms with Crippen molar-refractivity contribution in [2.24, 2.45) is 10.9 Å². The molecule has 6 nitrogen and oxygen atoms in total. The number of halogens is 2. The fourth-order valence-corrected chi connectivity index (χ4v) is 2.15. The third kappa shape index (κ3) is 5.52. The van der Waals surface area contributed by atoms with Crippen molar-refractivity contribution in [2.45, 2.75) is 26.9 Å². The lowest BCUT2D eigenvalue weighted by atomic mass is 10.1. The summed E-state index contributed by atoms with van der Waals surface area (Å²) >= 11 is 12.1. The van der Waals surface area contributed by atoms with Gasteiger partial charge in [-0.3, -0.25) is 14.6 Å². The van der Waals surface area contributed by atoms with Crippen LogP contribution in [0.2, 0.25) is 10.0 Å². The van der Waals surface area contributed by atoms with Crippen molar-refractivity contribution >= 4 is 47.0 Å². The Bertz CT molecular complexity index is 697. The van der Waals surface area contributed by atoms with Gasteiger partial charge in [-0.15, -0.1) is 0 Å². The Morgan fingerprint density at radius 3 is 2.62 bits per heavy atom. The maximum Gasteiger partial charge on any atom is 0.329 e. The van der Waals surface area contributed by atoms with Gasteiger partial charge >= 0.3 is 5.97 Å². The van der Waals surface area contributed by atoms with E-state index in [-0.39, 0.29) is 27.4 Å². The van der Waals surface area contributed by atoms with Crippen LogP contribution < -0.4 is 5.32 Å². The van der Waals surface area contributed by atoms with E-state index in [0.29, 0.717) is 6.54 Å². The summed E-state index contributed by atoms with van der Waals surface area (Å²) in [6.07, 6.45) is 0.768. The topological polar surface area (TPSA) is 91.5 Å². The zero-order chi connectivity index (χ0) is 18.3. The number of ether oxygens (including phenoxy) is 1. The molecule has 1 rings (SSSR count). The van der Waals surface area contributed by atoms with Crippen LogP contribution >= 0.6 is 23.2 Å². The number of hydrogen-bond acceptors (Lipinski definition) is 5. The lowest BCUT2D eigenvalue weighted by molar-refractivity contribution is -0.148. The SMILES string of the molecule is CCNC(=O)c1cc(Cl)cc(N=CC(C#N)C(=O)OC(C)C)c1Cl. The minimum Gasteiger partial charge on any atom is -0.462 e. The van der Waals surface area contributed by atoms with Gasteiger partial charge in [-0.05, 0) is 32.9 Å². The number of nitriles is 1. The second-order valence-corrected chi connectivity index (χ2v) is 5.83. The predicted octanol–water partition coefficient (Wildman–Crippen LogP) is 3.54. The maximum atomic E-state index is 12.0. The highest BCUT2D eigenvalue weighted by Crippen LogP contribution is 2.32. The number of esters is 1. The van der Waals surface area contributed by atoms with E-state index in [1.165, 1.54) is 12.1 Å². The molecule has 128 valence electrons. The quantitative estimate of drug-likeness (QED) is 0.612. The Morgan fingerprint density at radius 1 is 1.42 bits per heavy atom. The van der Waals surface area contributed by atoms with Crippen LogP contribution in [0.4, 0.5) is 5.69 Å². The van der Waals surface area contributed by atoms with Crippen LogP contribution in [-0.2, 0) is 9.53 Å². The summed E-state index contributed by atoms with van der Waals surface area (Å²) in [5.74, 6) is -2.29. The van der Waals surface area contributed by atoms with Gasteiger partial charge in [0.2, 0.25) is 0 Å². The molecule has 1 amide bonds. The summed E-state index contributed by atoms with van der Waals surface area (Å²) in [6.45, 7) is 5.55. The molecule has 1 aromatic rings. The van der Waals surface area contributed by atoms with Gasteiger partial charge in [0.25, 0.3) is 5.91 Å².